The van der Waals surface area contributed by atoms with Gasteiger partial charge in [0.25, 0.3) is 0 Å². The minimum Gasteiger partial charge on any atom is -0.462 e. The molecule has 0 aliphatic carbocycles. The van der Waals surface area contributed by atoms with E-state index in [0.717, 1.165) is 48.7 Å². The van der Waals surface area contributed by atoms with Gasteiger partial charge in [0.1, 0.15) is 5.01 Å². The molecule has 5 nitrogen and oxygen atoms in total. The normalized spacial score (nSPS) is 15.5. The number of hydrogen-bond acceptors (Lipinski definition) is 6. The molecule has 1 aliphatic rings. The molecule has 0 bridgehead atoms. The van der Waals surface area contributed by atoms with Gasteiger partial charge in [-0.1, -0.05) is 18.2 Å². The van der Waals surface area contributed by atoms with Crippen LogP contribution in [-0.2, 0) is 11.3 Å². The number of rotatable bonds is 6. The van der Waals surface area contributed by atoms with Crippen LogP contribution in [0.1, 0.15) is 28.9 Å². The van der Waals surface area contributed by atoms with Gasteiger partial charge in [0.2, 0.25) is 0 Å². The number of carbonyl (C=O) groups is 1. The zero-order valence-corrected chi connectivity index (χ0v) is 15.6. The molecular weight excluding hydrogens is 334 g/mol. The van der Waals surface area contributed by atoms with Gasteiger partial charge in [-0.2, -0.15) is 0 Å². The first-order valence-corrected chi connectivity index (χ1v) is 9.58. The Morgan fingerprint density at radius 3 is 2.84 bits per heavy atom. The highest BCUT2D eigenvalue weighted by molar-refractivity contribution is 7.13. The maximum atomic E-state index is 12.6. The fourth-order valence-corrected chi connectivity index (χ4v) is 3.84. The van der Waals surface area contributed by atoms with Gasteiger partial charge < -0.3 is 15.0 Å². The number of nitrogens with one attached hydrogen (secondary N) is 1. The fourth-order valence-electron chi connectivity index (χ4n) is 2.99. The van der Waals surface area contributed by atoms with E-state index < -0.39 is 0 Å². The molecule has 0 amide bonds. The molecule has 25 heavy (non-hydrogen) atoms. The van der Waals surface area contributed by atoms with E-state index >= 15 is 0 Å². The number of esters is 1. The first-order valence-electron chi connectivity index (χ1n) is 8.70. The van der Waals surface area contributed by atoms with Gasteiger partial charge in [0.05, 0.1) is 17.9 Å². The lowest BCUT2D eigenvalue weighted by atomic mass is 9.99. The van der Waals surface area contributed by atoms with Crippen molar-refractivity contribution in [2.45, 2.75) is 19.4 Å². The van der Waals surface area contributed by atoms with Crippen LogP contribution in [0.5, 0.6) is 0 Å². The molecule has 1 aromatic carbocycles. The summed E-state index contributed by atoms with van der Waals surface area (Å²) in [6.07, 6.45) is 2.13. The minimum absolute atomic E-state index is 0.251. The fraction of sp³-hybridized carbons (Fsp3) is 0.474. The molecule has 1 saturated heterocycles. The predicted molar refractivity (Wildman–Crippen MR) is 101 cm³/mol. The molecule has 2 aromatic rings. The zero-order chi connectivity index (χ0) is 17.6. The molecular formula is C19H25N3O2S. The van der Waals surface area contributed by atoms with E-state index in [1.807, 2.05) is 43.7 Å². The van der Waals surface area contributed by atoms with Crippen molar-refractivity contribution in [2.24, 2.45) is 5.92 Å². The average Bonchev–Trinajstić information content (AvgIpc) is 3.08. The molecule has 1 aromatic heterocycles. The summed E-state index contributed by atoms with van der Waals surface area (Å²) in [7, 11) is 4.04. The van der Waals surface area contributed by atoms with Crippen molar-refractivity contribution < 1.29 is 9.53 Å². The number of ether oxygens (including phenoxy) is 1. The van der Waals surface area contributed by atoms with E-state index in [9.17, 15) is 4.79 Å². The predicted octanol–water partition coefficient (Wildman–Crippen LogP) is 3.03. The minimum atomic E-state index is -0.251. The SMILES string of the molecule is CN(C)Cc1csc(-c2ccccc2C(=O)OCC2CCNCC2)n1. The Balaban J connectivity index is 1.71. The Hall–Kier alpha value is -1.76. The smallest absolute Gasteiger partial charge is 0.338 e. The van der Waals surface area contributed by atoms with Gasteiger partial charge in [0.15, 0.2) is 0 Å². The Kier molecular flexibility index (Phi) is 6.18. The van der Waals surface area contributed by atoms with Crippen molar-refractivity contribution in [3.05, 3.63) is 40.9 Å². The number of carbonyl (C=O) groups excluding carboxylic acids is 1. The third kappa shape index (κ3) is 4.87. The van der Waals surface area contributed by atoms with Crippen LogP contribution >= 0.6 is 11.3 Å². The highest BCUT2D eigenvalue weighted by Crippen LogP contribution is 2.28. The summed E-state index contributed by atoms with van der Waals surface area (Å²) in [6, 6.07) is 7.58. The third-order valence-corrected chi connectivity index (χ3v) is 5.24. The molecule has 1 fully saturated rings. The van der Waals surface area contributed by atoms with Gasteiger partial charge in [-0.05, 0) is 52.0 Å². The molecule has 1 aliphatic heterocycles. The number of nitrogens with zero attached hydrogens (tertiary/aromatic N) is 2. The van der Waals surface area contributed by atoms with Gasteiger partial charge in [0, 0.05) is 17.5 Å². The van der Waals surface area contributed by atoms with Crippen LogP contribution in [0.2, 0.25) is 0 Å². The Labute approximate surface area is 153 Å². The maximum absolute atomic E-state index is 12.6. The second-order valence-corrected chi connectivity index (χ2v) is 7.58. The molecule has 3 rings (SSSR count). The molecule has 2 heterocycles. The first-order chi connectivity index (χ1) is 12.1. The molecule has 1 N–H and O–H groups in total. The van der Waals surface area contributed by atoms with E-state index in [4.69, 9.17) is 4.74 Å². The number of thiazole rings is 1. The Morgan fingerprint density at radius 1 is 1.32 bits per heavy atom. The highest BCUT2D eigenvalue weighted by Gasteiger charge is 2.19. The molecule has 0 atom stereocenters. The highest BCUT2D eigenvalue weighted by atomic mass is 32.1. The van der Waals surface area contributed by atoms with Crippen molar-refractivity contribution in [2.75, 3.05) is 33.8 Å². The van der Waals surface area contributed by atoms with Gasteiger partial charge in [-0.25, -0.2) is 9.78 Å². The summed E-state index contributed by atoms with van der Waals surface area (Å²) in [5.41, 5.74) is 2.47. The van der Waals surface area contributed by atoms with E-state index in [1.54, 1.807) is 11.3 Å². The van der Waals surface area contributed by atoms with E-state index in [1.165, 1.54) is 0 Å². The summed E-state index contributed by atoms with van der Waals surface area (Å²) >= 11 is 1.57. The topological polar surface area (TPSA) is 54.5 Å². The third-order valence-electron chi connectivity index (χ3n) is 4.32. The lowest BCUT2D eigenvalue weighted by Crippen LogP contribution is -2.30. The second kappa shape index (κ2) is 8.56. The van der Waals surface area contributed by atoms with E-state index in [-0.39, 0.29) is 5.97 Å². The largest absolute Gasteiger partial charge is 0.462 e. The van der Waals surface area contributed by atoms with Gasteiger partial charge in [-0.3, -0.25) is 0 Å². The van der Waals surface area contributed by atoms with Crippen LogP contribution < -0.4 is 5.32 Å². The summed E-state index contributed by atoms with van der Waals surface area (Å²) in [4.78, 5) is 19.4. The van der Waals surface area contributed by atoms with Crippen LogP contribution in [0.3, 0.4) is 0 Å². The van der Waals surface area contributed by atoms with Crippen molar-refractivity contribution in [1.82, 2.24) is 15.2 Å². The van der Waals surface area contributed by atoms with Crippen LogP contribution in [0.25, 0.3) is 10.6 Å². The average molecular weight is 359 g/mol. The Morgan fingerprint density at radius 2 is 2.08 bits per heavy atom. The van der Waals surface area contributed by atoms with Gasteiger partial charge >= 0.3 is 5.97 Å². The molecule has 6 heteroatoms. The number of benzene rings is 1. The summed E-state index contributed by atoms with van der Waals surface area (Å²) < 4.78 is 5.60. The van der Waals surface area contributed by atoms with Crippen molar-refractivity contribution in [3.8, 4) is 10.6 Å². The zero-order valence-electron chi connectivity index (χ0n) is 14.8. The van der Waals surface area contributed by atoms with Crippen molar-refractivity contribution >= 4 is 17.3 Å². The molecule has 0 spiro atoms. The lowest BCUT2D eigenvalue weighted by molar-refractivity contribution is 0.0416. The maximum Gasteiger partial charge on any atom is 0.338 e. The number of aromatic nitrogens is 1. The van der Waals surface area contributed by atoms with E-state index in [2.05, 4.69) is 15.2 Å². The summed E-state index contributed by atoms with van der Waals surface area (Å²) in [5.74, 6) is 0.211. The second-order valence-electron chi connectivity index (χ2n) is 6.72. The number of hydrogen-bond donors (Lipinski definition) is 1. The van der Waals surface area contributed by atoms with Crippen LogP contribution in [0.4, 0.5) is 0 Å². The van der Waals surface area contributed by atoms with Crippen LogP contribution in [0.15, 0.2) is 29.6 Å². The van der Waals surface area contributed by atoms with Gasteiger partial charge in [-0.15, -0.1) is 11.3 Å². The molecule has 0 unspecified atom stereocenters. The summed E-state index contributed by atoms with van der Waals surface area (Å²) in [5, 5.41) is 6.24. The monoisotopic (exact) mass is 359 g/mol. The molecule has 0 saturated carbocycles. The van der Waals surface area contributed by atoms with Crippen LogP contribution in [-0.4, -0.2) is 49.6 Å². The Bertz CT molecular complexity index is 708. The standard InChI is InChI=1S/C19H25N3O2S/c1-22(2)11-15-13-25-18(21-15)16-5-3-4-6-17(16)19(23)24-12-14-7-9-20-10-8-14/h3-6,13-14,20H,7-12H2,1-2H3. The first kappa shape index (κ1) is 18.0. The van der Waals surface area contributed by atoms with Crippen molar-refractivity contribution in [1.29, 1.82) is 0 Å². The van der Waals surface area contributed by atoms with Crippen molar-refractivity contribution in [3.63, 3.8) is 0 Å². The quantitative estimate of drug-likeness (QED) is 0.804. The summed E-state index contributed by atoms with van der Waals surface area (Å²) in [6.45, 7) is 3.30. The molecule has 134 valence electrons. The van der Waals surface area contributed by atoms with E-state index in [0.29, 0.717) is 18.1 Å². The number of piperidine rings is 1. The van der Waals surface area contributed by atoms with Crippen LogP contribution in [0, 0.1) is 5.92 Å². The molecule has 0 radical (unpaired) electrons. The lowest BCUT2D eigenvalue weighted by Gasteiger charge is -2.22.